The van der Waals surface area contributed by atoms with E-state index in [1.54, 1.807) is 28.9 Å². The fourth-order valence-electron chi connectivity index (χ4n) is 2.49. The summed E-state index contributed by atoms with van der Waals surface area (Å²) in [4.78, 5) is 27.1. The van der Waals surface area contributed by atoms with Crippen LogP contribution in [0.25, 0.3) is 0 Å². The van der Waals surface area contributed by atoms with E-state index in [1.165, 1.54) is 0 Å². The van der Waals surface area contributed by atoms with E-state index in [0.717, 1.165) is 0 Å². The molecule has 1 N–H and O–H groups in total. The minimum Gasteiger partial charge on any atom is -0.481 e. The highest BCUT2D eigenvalue weighted by Crippen LogP contribution is 2.30. The lowest BCUT2D eigenvalue weighted by Gasteiger charge is -2.24. The summed E-state index contributed by atoms with van der Waals surface area (Å²) in [6, 6.07) is 7.33. The molecule has 1 aliphatic heterocycles. The first-order valence-corrected chi connectivity index (χ1v) is 6.83. The first kappa shape index (κ1) is 14.4. The van der Waals surface area contributed by atoms with Gasteiger partial charge in [0.05, 0.1) is 5.92 Å². The van der Waals surface area contributed by atoms with Crippen molar-refractivity contribution in [3.63, 3.8) is 0 Å². The molecular weight excluding hydrogens is 256 g/mol. The van der Waals surface area contributed by atoms with Gasteiger partial charge in [-0.25, -0.2) is 4.79 Å². The van der Waals surface area contributed by atoms with Crippen LogP contribution in [0, 0.1) is 0 Å². The Labute approximate surface area is 118 Å². The highest BCUT2D eigenvalue weighted by molar-refractivity contribution is 5.96. The molecule has 20 heavy (non-hydrogen) atoms. The highest BCUT2D eigenvalue weighted by atomic mass is 16.4. The van der Waals surface area contributed by atoms with Crippen molar-refractivity contribution in [1.82, 2.24) is 4.90 Å². The van der Waals surface area contributed by atoms with E-state index in [1.807, 2.05) is 26.0 Å². The number of para-hydroxylation sites is 1. The Kier molecular flexibility index (Phi) is 3.97. The van der Waals surface area contributed by atoms with E-state index in [-0.39, 0.29) is 12.1 Å². The molecule has 1 aliphatic rings. The van der Waals surface area contributed by atoms with Gasteiger partial charge in [-0.2, -0.15) is 0 Å². The SMILES string of the molecule is CC(C(=O)O)c1ccccc1N1CCN(C(C)C)C1=O. The number of hydrogen-bond donors (Lipinski definition) is 1. The molecule has 1 saturated heterocycles. The average Bonchev–Trinajstić information content (AvgIpc) is 2.79. The van der Waals surface area contributed by atoms with Crippen LogP contribution in [0.3, 0.4) is 0 Å². The summed E-state index contributed by atoms with van der Waals surface area (Å²) >= 11 is 0. The van der Waals surface area contributed by atoms with Gasteiger partial charge in [-0.1, -0.05) is 18.2 Å². The van der Waals surface area contributed by atoms with Crippen molar-refractivity contribution in [2.75, 3.05) is 18.0 Å². The average molecular weight is 276 g/mol. The van der Waals surface area contributed by atoms with E-state index < -0.39 is 11.9 Å². The van der Waals surface area contributed by atoms with Crippen LogP contribution in [-0.2, 0) is 4.79 Å². The molecule has 1 aromatic rings. The number of anilines is 1. The van der Waals surface area contributed by atoms with E-state index in [2.05, 4.69) is 0 Å². The maximum atomic E-state index is 12.4. The lowest BCUT2D eigenvalue weighted by Crippen LogP contribution is -2.36. The van der Waals surface area contributed by atoms with Crippen LogP contribution in [0.2, 0.25) is 0 Å². The van der Waals surface area contributed by atoms with E-state index >= 15 is 0 Å². The van der Waals surface area contributed by atoms with Gasteiger partial charge in [0.1, 0.15) is 0 Å². The Bertz CT molecular complexity index is 528. The van der Waals surface area contributed by atoms with Gasteiger partial charge in [-0.3, -0.25) is 9.69 Å². The van der Waals surface area contributed by atoms with Crippen LogP contribution >= 0.6 is 0 Å². The molecule has 5 heteroatoms. The Morgan fingerprint density at radius 1 is 1.20 bits per heavy atom. The third-order valence-electron chi connectivity index (χ3n) is 3.73. The van der Waals surface area contributed by atoms with E-state index in [0.29, 0.717) is 24.3 Å². The van der Waals surface area contributed by atoms with Gasteiger partial charge < -0.3 is 10.0 Å². The molecular formula is C15H20N2O3. The lowest BCUT2D eigenvalue weighted by molar-refractivity contribution is -0.138. The molecule has 1 aromatic carbocycles. The number of carboxylic acid groups (broad SMARTS) is 1. The third-order valence-corrected chi connectivity index (χ3v) is 3.73. The summed E-state index contributed by atoms with van der Waals surface area (Å²) in [7, 11) is 0. The van der Waals surface area contributed by atoms with E-state index in [4.69, 9.17) is 0 Å². The largest absolute Gasteiger partial charge is 0.481 e. The minimum atomic E-state index is -0.884. The van der Waals surface area contributed by atoms with Crippen LogP contribution in [-0.4, -0.2) is 41.1 Å². The van der Waals surface area contributed by atoms with Crippen molar-refractivity contribution in [3.05, 3.63) is 29.8 Å². The second-order valence-corrected chi connectivity index (χ2v) is 5.34. The van der Waals surface area contributed by atoms with Gasteiger partial charge in [-0.15, -0.1) is 0 Å². The first-order chi connectivity index (χ1) is 9.43. The zero-order valence-corrected chi connectivity index (χ0v) is 12.0. The molecule has 0 aromatic heterocycles. The maximum Gasteiger partial charge on any atom is 0.324 e. The maximum absolute atomic E-state index is 12.4. The minimum absolute atomic E-state index is 0.0509. The quantitative estimate of drug-likeness (QED) is 0.919. The normalized spacial score (nSPS) is 16.9. The van der Waals surface area contributed by atoms with Crippen molar-refractivity contribution < 1.29 is 14.7 Å². The van der Waals surface area contributed by atoms with Gasteiger partial charge in [0.15, 0.2) is 0 Å². The first-order valence-electron chi connectivity index (χ1n) is 6.83. The second-order valence-electron chi connectivity index (χ2n) is 5.34. The molecule has 5 nitrogen and oxygen atoms in total. The Morgan fingerprint density at radius 3 is 2.40 bits per heavy atom. The zero-order chi connectivity index (χ0) is 14.9. The Balaban J connectivity index is 2.35. The number of carbonyl (C=O) groups excluding carboxylic acids is 1. The van der Waals surface area contributed by atoms with Crippen molar-refractivity contribution in [2.45, 2.75) is 32.7 Å². The summed E-state index contributed by atoms with van der Waals surface area (Å²) in [5, 5.41) is 9.19. The molecule has 0 spiro atoms. The molecule has 1 fully saturated rings. The van der Waals surface area contributed by atoms with Gasteiger partial charge in [0.25, 0.3) is 0 Å². The molecule has 0 aliphatic carbocycles. The van der Waals surface area contributed by atoms with Crippen LogP contribution in [0.4, 0.5) is 10.5 Å². The number of rotatable bonds is 4. The topological polar surface area (TPSA) is 60.9 Å². The number of carbonyl (C=O) groups is 2. The van der Waals surface area contributed by atoms with Crippen LogP contribution in [0.15, 0.2) is 24.3 Å². The van der Waals surface area contributed by atoms with Crippen molar-refractivity contribution in [1.29, 1.82) is 0 Å². The standard InChI is InChI=1S/C15H20N2O3/c1-10(2)16-8-9-17(15(16)20)13-7-5-4-6-12(13)11(3)14(18)19/h4-7,10-11H,8-9H2,1-3H3,(H,18,19). The highest BCUT2D eigenvalue weighted by Gasteiger charge is 2.33. The second kappa shape index (κ2) is 5.53. The van der Waals surface area contributed by atoms with Gasteiger partial charge in [0, 0.05) is 24.8 Å². The summed E-state index contributed by atoms with van der Waals surface area (Å²) in [5.41, 5.74) is 1.38. The fraction of sp³-hybridized carbons (Fsp3) is 0.467. The molecule has 0 saturated carbocycles. The Morgan fingerprint density at radius 2 is 1.85 bits per heavy atom. The number of hydrogen-bond acceptors (Lipinski definition) is 2. The predicted molar refractivity (Wildman–Crippen MR) is 77.1 cm³/mol. The fourth-order valence-corrected chi connectivity index (χ4v) is 2.49. The van der Waals surface area contributed by atoms with Gasteiger partial charge >= 0.3 is 12.0 Å². The monoisotopic (exact) mass is 276 g/mol. The number of amides is 2. The summed E-state index contributed by atoms with van der Waals surface area (Å²) in [6.07, 6.45) is 0. The number of urea groups is 1. The molecule has 1 atom stereocenters. The van der Waals surface area contributed by atoms with Crippen molar-refractivity contribution in [3.8, 4) is 0 Å². The number of aliphatic carboxylic acids is 1. The number of nitrogens with zero attached hydrogens (tertiary/aromatic N) is 2. The van der Waals surface area contributed by atoms with Crippen LogP contribution in [0.5, 0.6) is 0 Å². The van der Waals surface area contributed by atoms with Gasteiger partial charge in [-0.05, 0) is 32.4 Å². The molecule has 1 heterocycles. The predicted octanol–water partition coefficient (Wildman–Crippen LogP) is 2.53. The van der Waals surface area contributed by atoms with Gasteiger partial charge in [0.2, 0.25) is 0 Å². The summed E-state index contributed by atoms with van der Waals surface area (Å²) in [6.45, 7) is 6.87. The molecule has 0 bridgehead atoms. The van der Waals surface area contributed by atoms with Crippen molar-refractivity contribution >= 4 is 17.7 Å². The van der Waals surface area contributed by atoms with E-state index in [9.17, 15) is 14.7 Å². The van der Waals surface area contributed by atoms with Crippen molar-refractivity contribution in [2.24, 2.45) is 0 Å². The number of carboxylic acids is 1. The smallest absolute Gasteiger partial charge is 0.324 e. The summed E-state index contributed by atoms with van der Waals surface area (Å²) in [5.74, 6) is -1.52. The molecule has 2 amide bonds. The third kappa shape index (κ3) is 2.48. The molecule has 2 rings (SSSR count). The molecule has 108 valence electrons. The summed E-state index contributed by atoms with van der Waals surface area (Å²) < 4.78 is 0. The Hall–Kier alpha value is -2.04. The molecule has 1 unspecified atom stereocenters. The zero-order valence-electron chi connectivity index (χ0n) is 12.0. The number of benzene rings is 1. The van der Waals surface area contributed by atoms with Crippen LogP contribution in [0.1, 0.15) is 32.3 Å². The molecule has 0 radical (unpaired) electrons. The van der Waals surface area contributed by atoms with Crippen LogP contribution < -0.4 is 4.90 Å². The lowest BCUT2D eigenvalue weighted by atomic mass is 9.99.